The summed E-state index contributed by atoms with van der Waals surface area (Å²) in [6.07, 6.45) is -2.39. The predicted octanol–water partition coefficient (Wildman–Crippen LogP) is 2.49. The number of hydrogen-bond acceptors (Lipinski definition) is 3. The minimum Gasteiger partial charge on any atom is -0.481 e. The first-order valence-electron chi connectivity index (χ1n) is 3.58. The number of halogens is 3. The number of aldehydes is 1. The Balaban J connectivity index is 3.32. The molecule has 1 rings (SSSR count). The Labute approximate surface area is 83.7 Å². The van der Waals surface area contributed by atoms with E-state index in [-0.39, 0.29) is 16.6 Å². The van der Waals surface area contributed by atoms with Crippen molar-refractivity contribution >= 4 is 17.9 Å². The Hall–Kier alpha value is -1.23. The smallest absolute Gasteiger partial charge is 0.269 e. The number of carbonyl (C=O) groups excluding carboxylic acids is 1. The van der Waals surface area contributed by atoms with Gasteiger partial charge in [-0.25, -0.2) is 13.8 Å². The highest BCUT2D eigenvalue weighted by Gasteiger charge is 2.18. The maximum Gasteiger partial charge on any atom is 0.269 e. The maximum absolute atomic E-state index is 12.4. The third kappa shape index (κ3) is 1.98. The highest BCUT2D eigenvalue weighted by atomic mass is 35.5. The van der Waals surface area contributed by atoms with Crippen LogP contribution < -0.4 is 4.74 Å². The molecule has 0 saturated carbocycles. The molecule has 0 bridgehead atoms. The van der Waals surface area contributed by atoms with Crippen molar-refractivity contribution in [2.24, 2.45) is 0 Å². The molecule has 0 fully saturated rings. The van der Waals surface area contributed by atoms with E-state index in [9.17, 15) is 13.6 Å². The van der Waals surface area contributed by atoms with Crippen molar-refractivity contribution in [3.8, 4) is 5.88 Å². The van der Waals surface area contributed by atoms with Crippen LogP contribution in [0, 0.1) is 0 Å². The van der Waals surface area contributed by atoms with E-state index in [4.69, 9.17) is 11.6 Å². The third-order valence-electron chi connectivity index (χ3n) is 1.55. The second-order valence-electron chi connectivity index (χ2n) is 2.39. The minimum atomic E-state index is -2.76. The number of pyridine rings is 1. The average Bonchev–Trinajstić information content (AvgIpc) is 2.16. The zero-order chi connectivity index (χ0) is 10.7. The zero-order valence-electron chi connectivity index (χ0n) is 7.13. The number of carbonyl (C=O) groups is 1. The summed E-state index contributed by atoms with van der Waals surface area (Å²) in [7, 11) is 1.20. The van der Waals surface area contributed by atoms with Crippen molar-refractivity contribution in [1.29, 1.82) is 0 Å². The molecule has 0 aromatic carbocycles. The molecular formula is C8H6ClF2NO2. The normalized spacial score (nSPS) is 10.4. The molecule has 0 saturated heterocycles. The largest absolute Gasteiger partial charge is 0.481 e. The number of aromatic nitrogens is 1. The van der Waals surface area contributed by atoms with Gasteiger partial charge in [-0.3, -0.25) is 4.79 Å². The summed E-state index contributed by atoms with van der Waals surface area (Å²) in [4.78, 5) is 13.9. The molecule has 1 aromatic heterocycles. The van der Waals surface area contributed by atoms with Gasteiger partial charge in [-0.15, -0.1) is 0 Å². The standard InChI is InChI=1S/C8H6ClF2NO2/c1-14-8-5(7(10)11)2-4(3-13)6(9)12-8/h2-3,7H,1H3. The molecule has 0 atom stereocenters. The van der Waals surface area contributed by atoms with E-state index in [2.05, 4.69) is 9.72 Å². The highest BCUT2D eigenvalue weighted by molar-refractivity contribution is 6.31. The molecule has 0 aliphatic carbocycles. The summed E-state index contributed by atoms with van der Waals surface area (Å²) in [5.41, 5.74) is -0.526. The second kappa shape index (κ2) is 4.32. The van der Waals surface area contributed by atoms with Gasteiger partial charge in [-0.2, -0.15) is 0 Å². The van der Waals surface area contributed by atoms with E-state index >= 15 is 0 Å². The van der Waals surface area contributed by atoms with Crippen LogP contribution in [0.2, 0.25) is 5.15 Å². The summed E-state index contributed by atoms with van der Waals surface area (Å²) in [5.74, 6) is -0.268. The number of rotatable bonds is 3. The molecule has 0 N–H and O–H groups in total. The van der Waals surface area contributed by atoms with Crippen LogP contribution in [0.3, 0.4) is 0 Å². The van der Waals surface area contributed by atoms with Crippen molar-refractivity contribution in [2.45, 2.75) is 6.43 Å². The highest BCUT2D eigenvalue weighted by Crippen LogP contribution is 2.30. The van der Waals surface area contributed by atoms with E-state index in [0.29, 0.717) is 6.29 Å². The van der Waals surface area contributed by atoms with Crippen molar-refractivity contribution in [2.75, 3.05) is 7.11 Å². The number of hydrogen-bond donors (Lipinski definition) is 0. The fourth-order valence-electron chi connectivity index (χ4n) is 0.910. The van der Waals surface area contributed by atoms with Crippen molar-refractivity contribution in [3.05, 3.63) is 22.3 Å². The number of methoxy groups -OCH3 is 1. The fraction of sp³-hybridized carbons (Fsp3) is 0.250. The number of nitrogens with zero attached hydrogens (tertiary/aromatic N) is 1. The number of alkyl halides is 2. The second-order valence-corrected chi connectivity index (χ2v) is 2.74. The summed E-state index contributed by atoms with van der Waals surface area (Å²) < 4.78 is 29.4. The number of ether oxygens (including phenoxy) is 1. The molecule has 3 nitrogen and oxygen atoms in total. The van der Waals surface area contributed by atoms with Gasteiger partial charge in [-0.1, -0.05) is 11.6 Å². The van der Waals surface area contributed by atoms with Crippen LogP contribution in [0.15, 0.2) is 6.07 Å². The first-order valence-corrected chi connectivity index (χ1v) is 3.95. The average molecular weight is 222 g/mol. The van der Waals surface area contributed by atoms with E-state index in [1.165, 1.54) is 7.11 Å². The quantitative estimate of drug-likeness (QED) is 0.582. The summed E-state index contributed by atoms with van der Waals surface area (Å²) in [6.45, 7) is 0. The Bertz CT molecular complexity index is 357. The van der Waals surface area contributed by atoms with Crippen LogP contribution in [0.5, 0.6) is 5.88 Å². The van der Waals surface area contributed by atoms with Gasteiger partial charge in [0.05, 0.1) is 18.2 Å². The van der Waals surface area contributed by atoms with Gasteiger partial charge in [-0.05, 0) is 6.07 Å². The van der Waals surface area contributed by atoms with Crippen LogP contribution in [-0.4, -0.2) is 18.4 Å². The molecule has 76 valence electrons. The molecule has 14 heavy (non-hydrogen) atoms. The topological polar surface area (TPSA) is 39.2 Å². The van der Waals surface area contributed by atoms with Crippen LogP contribution in [-0.2, 0) is 0 Å². The Morgan fingerprint density at radius 1 is 1.64 bits per heavy atom. The summed E-state index contributed by atoms with van der Waals surface area (Å²) >= 11 is 5.52. The molecule has 0 aliphatic rings. The molecule has 1 aromatic rings. The molecule has 0 spiro atoms. The molecule has 6 heteroatoms. The maximum atomic E-state index is 12.4. The predicted molar refractivity (Wildman–Crippen MR) is 46.1 cm³/mol. The first kappa shape index (κ1) is 10.8. The Morgan fingerprint density at radius 2 is 2.29 bits per heavy atom. The Kier molecular flexibility index (Phi) is 3.35. The van der Waals surface area contributed by atoms with Gasteiger partial charge in [0, 0.05) is 0 Å². The van der Waals surface area contributed by atoms with E-state index in [1.54, 1.807) is 0 Å². The van der Waals surface area contributed by atoms with Gasteiger partial charge in [0.2, 0.25) is 5.88 Å². The minimum absolute atomic E-state index is 0.0808. The molecule has 0 unspecified atom stereocenters. The lowest BCUT2D eigenvalue weighted by Crippen LogP contribution is -1.99. The van der Waals surface area contributed by atoms with Crippen LogP contribution in [0.1, 0.15) is 22.3 Å². The summed E-state index contributed by atoms with van der Waals surface area (Å²) in [5, 5.41) is -0.152. The van der Waals surface area contributed by atoms with Crippen LogP contribution in [0.4, 0.5) is 8.78 Å². The third-order valence-corrected chi connectivity index (χ3v) is 1.85. The van der Waals surface area contributed by atoms with Gasteiger partial charge < -0.3 is 4.74 Å². The first-order chi connectivity index (χ1) is 6.60. The van der Waals surface area contributed by atoms with Crippen molar-refractivity contribution in [1.82, 2.24) is 4.98 Å². The molecule has 1 heterocycles. The van der Waals surface area contributed by atoms with Gasteiger partial charge in [0.25, 0.3) is 6.43 Å². The van der Waals surface area contributed by atoms with E-state index in [0.717, 1.165) is 6.07 Å². The molecule has 0 radical (unpaired) electrons. The van der Waals surface area contributed by atoms with E-state index in [1.807, 2.05) is 0 Å². The zero-order valence-corrected chi connectivity index (χ0v) is 7.89. The lowest BCUT2D eigenvalue weighted by molar-refractivity contribution is 0.112. The van der Waals surface area contributed by atoms with Gasteiger partial charge in [0.15, 0.2) is 6.29 Å². The van der Waals surface area contributed by atoms with E-state index < -0.39 is 12.0 Å². The molecular weight excluding hydrogens is 216 g/mol. The van der Waals surface area contributed by atoms with Crippen molar-refractivity contribution < 1.29 is 18.3 Å². The fourth-order valence-corrected chi connectivity index (χ4v) is 1.09. The van der Waals surface area contributed by atoms with Gasteiger partial charge >= 0.3 is 0 Å². The molecule has 0 aliphatic heterocycles. The lowest BCUT2D eigenvalue weighted by atomic mass is 10.2. The lowest BCUT2D eigenvalue weighted by Gasteiger charge is -2.07. The van der Waals surface area contributed by atoms with Gasteiger partial charge in [0.1, 0.15) is 5.15 Å². The Morgan fingerprint density at radius 3 is 2.71 bits per heavy atom. The monoisotopic (exact) mass is 221 g/mol. The van der Waals surface area contributed by atoms with Crippen molar-refractivity contribution in [3.63, 3.8) is 0 Å². The van der Waals surface area contributed by atoms with Crippen LogP contribution >= 0.6 is 11.6 Å². The summed E-state index contributed by atoms with van der Waals surface area (Å²) in [6, 6.07) is 0.964. The van der Waals surface area contributed by atoms with Crippen LogP contribution in [0.25, 0.3) is 0 Å². The molecule has 0 amide bonds. The SMILES string of the molecule is COc1nc(Cl)c(C=O)cc1C(F)F.